The number of aryl methyl sites for hydroxylation is 1. The maximum atomic E-state index is 4.49. The average Bonchev–Trinajstić information content (AvgIpc) is 2.63. The molecule has 0 nitrogen and oxygen atoms in total. The molecule has 2 aromatic rings. The number of rotatable bonds is 2. The van der Waals surface area contributed by atoms with E-state index in [1.165, 1.54) is 20.5 Å². The highest BCUT2D eigenvalue weighted by atomic mass is 32.2. The fraction of sp³-hybridized carbons (Fsp3) is 0.273. The Morgan fingerprint density at radius 2 is 2.21 bits per heavy atom. The first-order valence-electron chi connectivity index (χ1n) is 4.54. The highest BCUT2D eigenvalue weighted by Gasteiger charge is 2.09. The molecule has 0 aliphatic carbocycles. The molecule has 0 saturated carbocycles. The van der Waals surface area contributed by atoms with Gasteiger partial charge in [0.1, 0.15) is 0 Å². The van der Waals surface area contributed by atoms with Gasteiger partial charge in [-0.15, -0.1) is 35.7 Å². The van der Waals surface area contributed by atoms with Gasteiger partial charge in [0.15, 0.2) is 0 Å². The molecule has 0 saturated heterocycles. The minimum Gasteiger partial charge on any atom is -0.142 e. The van der Waals surface area contributed by atoms with Crippen molar-refractivity contribution in [2.45, 2.75) is 23.1 Å². The van der Waals surface area contributed by atoms with E-state index in [0.29, 0.717) is 0 Å². The van der Waals surface area contributed by atoms with E-state index in [0.717, 1.165) is 11.3 Å². The van der Waals surface area contributed by atoms with E-state index in [1.807, 2.05) is 11.8 Å². The molecule has 1 aromatic heterocycles. The number of benzene rings is 1. The lowest BCUT2D eigenvalue weighted by molar-refractivity contribution is 1.15. The molecule has 0 atom stereocenters. The largest absolute Gasteiger partial charge is 0.142 e. The molecular formula is C11H12S3. The Morgan fingerprint density at radius 3 is 2.86 bits per heavy atom. The van der Waals surface area contributed by atoms with Gasteiger partial charge < -0.3 is 0 Å². The van der Waals surface area contributed by atoms with E-state index < -0.39 is 0 Å². The van der Waals surface area contributed by atoms with E-state index in [9.17, 15) is 0 Å². The van der Waals surface area contributed by atoms with Crippen LogP contribution in [0, 0.1) is 0 Å². The summed E-state index contributed by atoms with van der Waals surface area (Å²) in [6.07, 6.45) is 3.22. The zero-order chi connectivity index (χ0) is 10.1. The van der Waals surface area contributed by atoms with Crippen molar-refractivity contribution in [2.24, 2.45) is 0 Å². The van der Waals surface area contributed by atoms with Crippen molar-refractivity contribution in [3.8, 4) is 0 Å². The topological polar surface area (TPSA) is 0 Å². The van der Waals surface area contributed by atoms with Gasteiger partial charge in [-0.05, 0) is 24.3 Å². The molecule has 3 heteroatoms. The lowest BCUT2D eigenvalue weighted by Crippen LogP contribution is -1.82. The normalized spacial score (nSPS) is 11.1. The molecule has 0 spiro atoms. The zero-order valence-corrected chi connectivity index (χ0v) is 10.7. The Labute approximate surface area is 98.1 Å². The van der Waals surface area contributed by atoms with Gasteiger partial charge in [0.05, 0.1) is 0 Å². The fourth-order valence-corrected chi connectivity index (χ4v) is 3.88. The number of thioether (sulfide) groups is 1. The number of thiol groups is 1. The number of hydrogen-bond acceptors (Lipinski definition) is 3. The third-order valence-electron chi connectivity index (χ3n) is 2.35. The first kappa shape index (κ1) is 10.4. The van der Waals surface area contributed by atoms with Crippen LogP contribution in [0.5, 0.6) is 0 Å². The minimum absolute atomic E-state index is 1.09. The minimum atomic E-state index is 1.09. The Balaban J connectivity index is 2.82. The molecule has 0 unspecified atom stereocenters. The van der Waals surface area contributed by atoms with Crippen molar-refractivity contribution in [2.75, 3.05) is 6.26 Å². The van der Waals surface area contributed by atoms with Gasteiger partial charge in [-0.1, -0.05) is 13.0 Å². The monoisotopic (exact) mass is 240 g/mol. The van der Waals surface area contributed by atoms with E-state index >= 15 is 0 Å². The predicted octanol–water partition coefficient (Wildman–Crippen LogP) is 4.47. The van der Waals surface area contributed by atoms with Crippen LogP contribution in [0.1, 0.15) is 12.5 Å². The van der Waals surface area contributed by atoms with Gasteiger partial charge in [0.2, 0.25) is 0 Å². The first-order valence-corrected chi connectivity index (χ1v) is 7.09. The second-order valence-corrected chi connectivity index (χ2v) is 5.32. The molecule has 0 amide bonds. The van der Waals surface area contributed by atoms with Gasteiger partial charge in [-0.3, -0.25) is 0 Å². The SMILES string of the molecule is CCc1ccc(S)c2scc(SC)c12. The van der Waals surface area contributed by atoms with Gasteiger partial charge >= 0.3 is 0 Å². The van der Waals surface area contributed by atoms with E-state index in [1.54, 1.807) is 11.3 Å². The van der Waals surface area contributed by atoms with Crippen LogP contribution >= 0.6 is 35.7 Å². The molecule has 0 bridgehead atoms. The van der Waals surface area contributed by atoms with Crippen LogP contribution in [0.25, 0.3) is 10.1 Å². The molecule has 0 aliphatic rings. The highest BCUT2D eigenvalue weighted by Crippen LogP contribution is 2.38. The van der Waals surface area contributed by atoms with Crippen LogP contribution in [0.3, 0.4) is 0 Å². The Hall–Kier alpha value is -0.120. The third-order valence-corrected chi connectivity index (χ3v) is 4.80. The summed E-state index contributed by atoms with van der Waals surface area (Å²) < 4.78 is 1.33. The second-order valence-electron chi connectivity index (χ2n) is 3.11. The predicted molar refractivity (Wildman–Crippen MR) is 70.2 cm³/mol. The van der Waals surface area contributed by atoms with Crippen LogP contribution in [0.15, 0.2) is 27.3 Å². The lowest BCUT2D eigenvalue weighted by Gasteiger charge is -2.03. The van der Waals surface area contributed by atoms with Crippen LogP contribution in [-0.2, 0) is 6.42 Å². The van der Waals surface area contributed by atoms with Crippen molar-refractivity contribution in [1.82, 2.24) is 0 Å². The Kier molecular flexibility index (Phi) is 3.10. The van der Waals surface area contributed by atoms with Gasteiger partial charge in [0, 0.05) is 25.3 Å². The van der Waals surface area contributed by atoms with Crippen molar-refractivity contribution in [3.05, 3.63) is 23.1 Å². The number of hydrogen-bond donors (Lipinski definition) is 1. The van der Waals surface area contributed by atoms with E-state index in [-0.39, 0.29) is 0 Å². The number of fused-ring (bicyclic) bond motifs is 1. The molecule has 0 radical (unpaired) electrons. The summed E-state index contributed by atoms with van der Waals surface area (Å²) in [6, 6.07) is 4.29. The van der Waals surface area contributed by atoms with Crippen LogP contribution in [0.2, 0.25) is 0 Å². The van der Waals surface area contributed by atoms with Gasteiger partial charge in [0.25, 0.3) is 0 Å². The van der Waals surface area contributed by atoms with Crippen LogP contribution in [0.4, 0.5) is 0 Å². The first-order chi connectivity index (χ1) is 6.77. The summed E-state index contributed by atoms with van der Waals surface area (Å²) >= 11 is 8.11. The van der Waals surface area contributed by atoms with Crippen molar-refractivity contribution < 1.29 is 0 Å². The fourth-order valence-electron chi connectivity index (χ4n) is 1.62. The highest BCUT2D eigenvalue weighted by molar-refractivity contribution is 7.99. The van der Waals surface area contributed by atoms with Crippen molar-refractivity contribution >= 4 is 45.8 Å². The molecule has 1 aromatic carbocycles. The summed E-state index contributed by atoms with van der Waals surface area (Å²) in [4.78, 5) is 2.49. The van der Waals surface area contributed by atoms with Crippen LogP contribution in [-0.4, -0.2) is 6.26 Å². The lowest BCUT2D eigenvalue weighted by atomic mass is 10.1. The Morgan fingerprint density at radius 1 is 1.43 bits per heavy atom. The molecule has 1 heterocycles. The van der Waals surface area contributed by atoms with Crippen LogP contribution < -0.4 is 0 Å². The summed E-state index contributed by atoms with van der Waals surface area (Å²) in [5.41, 5.74) is 1.43. The molecule has 0 fully saturated rings. The summed E-state index contributed by atoms with van der Waals surface area (Å²) in [7, 11) is 0. The molecule has 14 heavy (non-hydrogen) atoms. The summed E-state index contributed by atoms with van der Waals surface area (Å²) in [5, 5.41) is 3.64. The second kappa shape index (κ2) is 4.17. The number of thiophene rings is 1. The smallest absolute Gasteiger partial charge is 0.0490 e. The molecule has 0 aliphatic heterocycles. The van der Waals surface area contributed by atoms with Gasteiger partial charge in [-0.2, -0.15) is 0 Å². The van der Waals surface area contributed by atoms with Crippen molar-refractivity contribution in [1.29, 1.82) is 0 Å². The molecule has 0 N–H and O–H groups in total. The molecule has 74 valence electrons. The third kappa shape index (κ3) is 1.58. The Bertz CT molecular complexity index is 457. The maximum Gasteiger partial charge on any atom is 0.0490 e. The van der Waals surface area contributed by atoms with Crippen molar-refractivity contribution in [3.63, 3.8) is 0 Å². The molecule has 2 rings (SSSR count). The zero-order valence-electron chi connectivity index (χ0n) is 8.20. The maximum absolute atomic E-state index is 4.49. The van der Waals surface area contributed by atoms with Gasteiger partial charge in [-0.25, -0.2) is 0 Å². The standard InChI is InChI=1S/C11H12S3/c1-3-7-4-5-8(12)11-10(7)9(13-2)6-14-11/h4-6,12H,3H2,1-2H3. The average molecular weight is 240 g/mol. The van der Waals surface area contributed by atoms with E-state index in [4.69, 9.17) is 0 Å². The van der Waals surface area contributed by atoms with E-state index in [2.05, 4.69) is 43.3 Å². The summed E-state index contributed by atoms with van der Waals surface area (Å²) in [6.45, 7) is 2.20. The quantitative estimate of drug-likeness (QED) is 0.597. The molecular weight excluding hydrogens is 228 g/mol. The summed E-state index contributed by atoms with van der Waals surface area (Å²) in [5.74, 6) is 0.